The molecule has 2 aromatic rings. The fraction of sp³-hybridized carbons (Fsp3) is 0.0769. The number of aromatic hydroxyl groups is 1. The average Bonchev–Trinajstić information content (AvgIpc) is 2.41. The highest BCUT2D eigenvalue weighted by atomic mass is 35.5. The first-order chi connectivity index (χ1) is 9.51. The predicted octanol–water partition coefficient (Wildman–Crippen LogP) is 3.81. The number of hydrogen-bond acceptors (Lipinski definition) is 4. The summed E-state index contributed by atoms with van der Waals surface area (Å²) in [5.74, 6) is 0.686. The third kappa shape index (κ3) is 3.36. The summed E-state index contributed by atoms with van der Waals surface area (Å²) in [5.41, 5.74) is 0. The number of phenols is 1. The molecule has 0 amide bonds. The molecule has 4 nitrogen and oxygen atoms in total. The summed E-state index contributed by atoms with van der Waals surface area (Å²) in [6, 6.07) is 8.78. The molecule has 0 spiro atoms. The van der Waals surface area contributed by atoms with Crippen molar-refractivity contribution in [2.45, 2.75) is 4.90 Å². The summed E-state index contributed by atoms with van der Waals surface area (Å²) in [7, 11) is 1.49. The Hall–Kier alpha value is -1.43. The molecule has 2 rings (SSSR count). The lowest BCUT2D eigenvalue weighted by Crippen LogP contribution is -2.01. The maximum absolute atomic E-state index is 12.1. The molecule has 1 atom stereocenters. The molecule has 0 saturated heterocycles. The fourth-order valence-corrected chi connectivity index (χ4v) is 2.82. The Morgan fingerprint density at radius 2 is 1.70 bits per heavy atom. The third-order valence-electron chi connectivity index (χ3n) is 2.40. The molecule has 106 valence electrons. The molecule has 0 aromatic heterocycles. The van der Waals surface area contributed by atoms with Gasteiger partial charge in [-0.3, -0.25) is 0 Å². The van der Waals surface area contributed by atoms with Gasteiger partial charge in [0.15, 0.2) is 5.75 Å². The molecular weight excluding hydrogens is 323 g/mol. The van der Waals surface area contributed by atoms with Crippen LogP contribution >= 0.6 is 23.2 Å². The standard InChI is InChI=1S/C13H10Cl2O4S/c1-18-12-5-3-9(7-11(12)15)20(17)19-13-4-2-8(16)6-10(13)14/h2-7,16H,1H3. The normalized spacial score (nSPS) is 11.9. The van der Waals surface area contributed by atoms with Crippen LogP contribution in [0, 0.1) is 0 Å². The number of benzene rings is 2. The lowest BCUT2D eigenvalue weighted by Gasteiger charge is -2.08. The minimum atomic E-state index is -1.78. The first-order valence-electron chi connectivity index (χ1n) is 5.43. The van der Waals surface area contributed by atoms with Gasteiger partial charge in [0, 0.05) is 6.07 Å². The molecule has 1 unspecified atom stereocenters. The van der Waals surface area contributed by atoms with Crippen LogP contribution in [0.15, 0.2) is 41.3 Å². The Balaban J connectivity index is 2.21. The van der Waals surface area contributed by atoms with Gasteiger partial charge < -0.3 is 14.0 Å². The van der Waals surface area contributed by atoms with Crippen LogP contribution in [0.1, 0.15) is 0 Å². The van der Waals surface area contributed by atoms with E-state index in [1.807, 2.05) is 0 Å². The Morgan fingerprint density at radius 1 is 1.05 bits per heavy atom. The lowest BCUT2D eigenvalue weighted by molar-refractivity contribution is 0.414. The number of rotatable bonds is 4. The first-order valence-corrected chi connectivity index (χ1v) is 7.26. The van der Waals surface area contributed by atoms with E-state index >= 15 is 0 Å². The van der Waals surface area contributed by atoms with Gasteiger partial charge in [-0.15, -0.1) is 0 Å². The van der Waals surface area contributed by atoms with Crippen molar-refractivity contribution >= 4 is 34.3 Å². The van der Waals surface area contributed by atoms with E-state index in [0.29, 0.717) is 15.7 Å². The molecule has 2 aromatic carbocycles. The van der Waals surface area contributed by atoms with E-state index in [0.717, 1.165) is 0 Å². The second-order valence-corrected chi connectivity index (χ2v) is 5.65. The monoisotopic (exact) mass is 332 g/mol. The number of ether oxygens (including phenoxy) is 1. The zero-order valence-corrected chi connectivity index (χ0v) is 12.6. The highest BCUT2D eigenvalue weighted by Gasteiger charge is 2.12. The Bertz CT molecular complexity index is 661. The van der Waals surface area contributed by atoms with Crippen LogP contribution in [0.2, 0.25) is 10.0 Å². The Labute approximate surface area is 128 Å². The Morgan fingerprint density at radius 3 is 2.30 bits per heavy atom. The van der Waals surface area contributed by atoms with Gasteiger partial charge in [-0.25, -0.2) is 4.21 Å². The quantitative estimate of drug-likeness (QED) is 0.924. The van der Waals surface area contributed by atoms with E-state index in [1.54, 1.807) is 12.1 Å². The Kier molecular flexibility index (Phi) is 4.75. The molecular formula is C13H10Cl2O4S. The van der Waals surface area contributed by atoms with Gasteiger partial charge in [0.2, 0.25) is 11.1 Å². The zero-order chi connectivity index (χ0) is 14.7. The van der Waals surface area contributed by atoms with Crippen molar-refractivity contribution in [2.24, 2.45) is 0 Å². The average molecular weight is 333 g/mol. The zero-order valence-electron chi connectivity index (χ0n) is 10.3. The predicted molar refractivity (Wildman–Crippen MR) is 78.2 cm³/mol. The van der Waals surface area contributed by atoms with Crippen LogP contribution in [0.25, 0.3) is 0 Å². The number of phenolic OH excluding ortho intramolecular Hbond substituents is 1. The minimum absolute atomic E-state index is 0.000578. The number of methoxy groups -OCH3 is 1. The first kappa shape index (κ1) is 15.0. The van der Waals surface area contributed by atoms with E-state index in [2.05, 4.69) is 0 Å². The molecule has 7 heteroatoms. The van der Waals surface area contributed by atoms with Crippen molar-refractivity contribution in [3.05, 3.63) is 46.4 Å². The van der Waals surface area contributed by atoms with Gasteiger partial charge in [0.1, 0.15) is 11.5 Å². The van der Waals surface area contributed by atoms with Crippen LogP contribution in [0.4, 0.5) is 0 Å². The number of halogens is 2. The van der Waals surface area contributed by atoms with Gasteiger partial charge in [0.25, 0.3) is 0 Å². The van der Waals surface area contributed by atoms with Crippen molar-refractivity contribution in [1.29, 1.82) is 0 Å². The van der Waals surface area contributed by atoms with Gasteiger partial charge in [0.05, 0.1) is 22.1 Å². The fourth-order valence-electron chi connectivity index (χ4n) is 1.44. The van der Waals surface area contributed by atoms with Gasteiger partial charge >= 0.3 is 0 Å². The SMILES string of the molecule is COc1ccc(S(=O)Oc2ccc(O)cc2Cl)cc1Cl. The van der Waals surface area contributed by atoms with Gasteiger partial charge in [-0.2, -0.15) is 0 Å². The highest BCUT2D eigenvalue weighted by Crippen LogP contribution is 2.31. The van der Waals surface area contributed by atoms with Gasteiger partial charge in [-0.05, 0) is 30.3 Å². The maximum atomic E-state index is 12.1. The second kappa shape index (κ2) is 6.35. The number of hydrogen-bond donors (Lipinski definition) is 1. The maximum Gasteiger partial charge on any atom is 0.240 e. The van der Waals surface area contributed by atoms with Crippen molar-refractivity contribution in [3.8, 4) is 17.2 Å². The lowest BCUT2D eigenvalue weighted by atomic mass is 10.3. The van der Waals surface area contributed by atoms with Crippen molar-refractivity contribution in [3.63, 3.8) is 0 Å². The van der Waals surface area contributed by atoms with E-state index in [9.17, 15) is 9.32 Å². The summed E-state index contributed by atoms with van der Waals surface area (Å²) < 4.78 is 22.3. The summed E-state index contributed by atoms with van der Waals surface area (Å²) in [6.45, 7) is 0. The van der Waals surface area contributed by atoms with Crippen molar-refractivity contribution in [2.75, 3.05) is 7.11 Å². The van der Waals surface area contributed by atoms with E-state index < -0.39 is 11.1 Å². The molecule has 0 aliphatic carbocycles. The van der Waals surface area contributed by atoms with E-state index in [-0.39, 0.29) is 16.5 Å². The second-order valence-electron chi connectivity index (χ2n) is 3.73. The summed E-state index contributed by atoms with van der Waals surface area (Å²) in [5, 5.41) is 9.73. The van der Waals surface area contributed by atoms with E-state index in [4.69, 9.17) is 32.1 Å². The molecule has 0 aliphatic rings. The molecule has 0 fully saturated rings. The molecule has 0 saturated carbocycles. The summed E-state index contributed by atoms with van der Waals surface area (Å²) in [6.07, 6.45) is 0. The van der Waals surface area contributed by atoms with E-state index in [1.165, 1.54) is 31.4 Å². The molecule has 0 bridgehead atoms. The van der Waals surface area contributed by atoms with Crippen LogP contribution in [-0.2, 0) is 11.1 Å². The minimum Gasteiger partial charge on any atom is -0.508 e. The molecule has 20 heavy (non-hydrogen) atoms. The van der Waals surface area contributed by atoms with Crippen LogP contribution in [-0.4, -0.2) is 16.4 Å². The summed E-state index contributed by atoms with van der Waals surface area (Å²) >= 11 is 10.1. The molecule has 0 aliphatic heterocycles. The highest BCUT2D eigenvalue weighted by molar-refractivity contribution is 7.80. The largest absolute Gasteiger partial charge is 0.508 e. The van der Waals surface area contributed by atoms with Crippen molar-refractivity contribution < 1.29 is 18.2 Å². The van der Waals surface area contributed by atoms with Crippen molar-refractivity contribution in [1.82, 2.24) is 0 Å². The van der Waals surface area contributed by atoms with Crippen LogP contribution < -0.4 is 8.92 Å². The topological polar surface area (TPSA) is 55.8 Å². The van der Waals surface area contributed by atoms with Crippen LogP contribution in [0.5, 0.6) is 17.2 Å². The van der Waals surface area contributed by atoms with Crippen LogP contribution in [0.3, 0.4) is 0 Å². The smallest absolute Gasteiger partial charge is 0.240 e. The third-order valence-corrected chi connectivity index (χ3v) is 3.96. The molecule has 0 heterocycles. The molecule has 1 N–H and O–H groups in total. The summed E-state index contributed by atoms with van der Waals surface area (Å²) in [4.78, 5) is 0.375. The van der Waals surface area contributed by atoms with Gasteiger partial charge in [-0.1, -0.05) is 23.2 Å². The molecule has 0 radical (unpaired) electrons.